The second-order valence-corrected chi connectivity index (χ2v) is 11.4. The van der Waals surface area contributed by atoms with E-state index in [1.165, 1.54) is 0 Å². The van der Waals surface area contributed by atoms with Crippen LogP contribution >= 0.6 is 0 Å². The predicted molar refractivity (Wildman–Crippen MR) is 180 cm³/mol. The molecule has 4 heteroatoms. The Morgan fingerprint density at radius 1 is 0.682 bits per heavy atom. The molecule has 44 heavy (non-hydrogen) atoms. The molecule has 0 saturated carbocycles. The lowest BCUT2D eigenvalue weighted by Gasteiger charge is -2.36. The Bertz CT molecular complexity index is 2330. The molecule has 8 rings (SSSR count). The summed E-state index contributed by atoms with van der Waals surface area (Å²) in [6.07, 6.45) is 12.6. The van der Waals surface area contributed by atoms with E-state index in [1.54, 1.807) is 0 Å². The molecule has 6 aromatic rings. The highest BCUT2D eigenvalue weighted by Gasteiger charge is 2.34. The van der Waals surface area contributed by atoms with Crippen LogP contribution in [0.4, 0.5) is 5.69 Å². The number of hydrogen-bond donors (Lipinski definition) is 0. The monoisotopic (exact) mass is 564 g/mol. The van der Waals surface area contributed by atoms with Gasteiger partial charge in [0.2, 0.25) is 0 Å². The van der Waals surface area contributed by atoms with Crippen LogP contribution in [0.3, 0.4) is 0 Å². The zero-order valence-corrected chi connectivity index (χ0v) is 24.1. The molecule has 208 valence electrons. The van der Waals surface area contributed by atoms with E-state index < -0.39 is 11.8 Å². The molecule has 2 atom stereocenters. The molecule has 0 fully saturated rings. The Morgan fingerprint density at radius 3 is 2.18 bits per heavy atom. The Kier molecular flexibility index (Phi) is 6.14. The molecule has 2 unspecified atom stereocenters. The van der Waals surface area contributed by atoms with Crippen molar-refractivity contribution in [1.82, 2.24) is 4.57 Å². The highest BCUT2D eigenvalue weighted by atomic mass is 15.2. The van der Waals surface area contributed by atoms with Gasteiger partial charge >= 0.3 is 0 Å². The standard InChI is InChI=1S/C40H28N4/c41-25-29-23-31(44-38-19-9-8-18-34(38)35-22-21-28-12-5-7-17-33(28)40(35)44)24-39(36(29)26-42)43(30-14-2-1-3-15-30)37-20-10-13-27-11-4-6-16-32(27)37/h2,4-24,29,36H,1,3H2. The number of nitriles is 2. The molecule has 5 aromatic carbocycles. The van der Waals surface area contributed by atoms with Gasteiger partial charge in [-0.15, -0.1) is 0 Å². The predicted octanol–water partition coefficient (Wildman–Crippen LogP) is 9.86. The Hall–Kier alpha value is -5.84. The van der Waals surface area contributed by atoms with Crippen LogP contribution in [-0.4, -0.2) is 4.57 Å². The average molecular weight is 565 g/mol. The minimum Gasteiger partial charge on any atom is -0.312 e. The van der Waals surface area contributed by atoms with Gasteiger partial charge in [-0.3, -0.25) is 0 Å². The molecule has 0 radical (unpaired) electrons. The average Bonchev–Trinajstić information content (AvgIpc) is 3.43. The molecule has 0 saturated heterocycles. The van der Waals surface area contributed by atoms with E-state index in [9.17, 15) is 10.5 Å². The molecule has 2 aliphatic carbocycles. The zero-order valence-electron chi connectivity index (χ0n) is 24.1. The summed E-state index contributed by atoms with van der Waals surface area (Å²) >= 11 is 0. The van der Waals surface area contributed by atoms with Crippen molar-refractivity contribution in [3.8, 4) is 12.1 Å². The SMILES string of the molecule is N#CC1C=C(n2c3ccccc3c3ccc4ccccc4c32)C=C(N(C2=CCCC=C2)c2cccc3ccccc23)C1C#N. The van der Waals surface area contributed by atoms with Gasteiger partial charge in [0, 0.05) is 38.6 Å². The largest absolute Gasteiger partial charge is 0.312 e. The van der Waals surface area contributed by atoms with Gasteiger partial charge in [-0.2, -0.15) is 10.5 Å². The minimum absolute atomic E-state index is 0.633. The molecule has 0 bridgehead atoms. The fourth-order valence-corrected chi connectivity index (χ4v) is 6.95. The molecule has 0 amide bonds. The van der Waals surface area contributed by atoms with Crippen molar-refractivity contribution in [3.05, 3.63) is 145 Å². The molecule has 1 aromatic heterocycles. The highest BCUT2D eigenvalue weighted by molar-refractivity contribution is 6.19. The van der Waals surface area contributed by atoms with Crippen molar-refractivity contribution in [1.29, 1.82) is 10.5 Å². The molecule has 2 aliphatic rings. The summed E-state index contributed by atoms with van der Waals surface area (Å²) in [5.74, 6) is -1.28. The van der Waals surface area contributed by atoms with Crippen LogP contribution in [0, 0.1) is 34.5 Å². The second-order valence-electron chi connectivity index (χ2n) is 11.4. The molecular formula is C40H28N4. The number of aromatic nitrogens is 1. The van der Waals surface area contributed by atoms with Crippen molar-refractivity contribution >= 4 is 54.7 Å². The van der Waals surface area contributed by atoms with Crippen molar-refractivity contribution in [2.24, 2.45) is 11.8 Å². The normalized spacial score (nSPS) is 18.1. The summed E-state index contributed by atoms with van der Waals surface area (Å²) in [4.78, 5) is 2.22. The number of nitrogens with zero attached hydrogens (tertiary/aromatic N) is 4. The summed E-state index contributed by atoms with van der Waals surface area (Å²) in [5.41, 5.74) is 5.89. The number of anilines is 1. The third kappa shape index (κ3) is 3.97. The van der Waals surface area contributed by atoms with E-state index in [4.69, 9.17) is 0 Å². The summed E-state index contributed by atoms with van der Waals surface area (Å²) in [5, 5.41) is 28.0. The van der Waals surface area contributed by atoms with E-state index in [0.717, 1.165) is 79.0 Å². The fourth-order valence-electron chi connectivity index (χ4n) is 6.95. The third-order valence-electron chi connectivity index (χ3n) is 8.93. The number of benzene rings is 5. The lowest BCUT2D eigenvalue weighted by atomic mass is 9.85. The van der Waals surface area contributed by atoms with Crippen molar-refractivity contribution in [2.45, 2.75) is 12.8 Å². The summed E-state index contributed by atoms with van der Waals surface area (Å²) in [6, 6.07) is 40.9. The molecule has 0 N–H and O–H groups in total. The third-order valence-corrected chi connectivity index (χ3v) is 8.93. The number of fused-ring (bicyclic) bond motifs is 6. The first-order valence-electron chi connectivity index (χ1n) is 15.1. The minimum atomic E-state index is -0.649. The maximum atomic E-state index is 10.6. The van der Waals surface area contributed by atoms with Crippen LogP contribution in [0.2, 0.25) is 0 Å². The van der Waals surface area contributed by atoms with E-state index in [2.05, 4.69) is 143 Å². The highest BCUT2D eigenvalue weighted by Crippen LogP contribution is 2.43. The Balaban J connectivity index is 1.45. The van der Waals surface area contributed by atoms with Crippen LogP contribution in [0.25, 0.3) is 49.0 Å². The molecule has 0 spiro atoms. The summed E-state index contributed by atoms with van der Waals surface area (Å²) < 4.78 is 2.29. The van der Waals surface area contributed by atoms with Gasteiger partial charge in [0.05, 0.1) is 34.8 Å². The smallest absolute Gasteiger partial charge is 0.106 e. The molecule has 4 nitrogen and oxygen atoms in total. The van der Waals surface area contributed by atoms with Crippen LogP contribution in [0.1, 0.15) is 12.8 Å². The first-order valence-corrected chi connectivity index (χ1v) is 15.1. The maximum absolute atomic E-state index is 10.6. The van der Waals surface area contributed by atoms with Gasteiger partial charge in [-0.05, 0) is 54.0 Å². The van der Waals surface area contributed by atoms with Crippen LogP contribution in [-0.2, 0) is 0 Å². The van der Waals surface area contributed by atoms with Gasteiger partial charge < -0.3 is 9.47 Å². The Morgan fingerprint density at radius 2 is 1.41 bits per heavy atom. The van der Waals surface area contributed by atoms with E-state index in [-0.39, 0.29) is 0 Å². The first kappa shape index (κ1) is 25.8. The number of allylic oxidation sites excluding steroid dienone is 7. The molecule has 1 heterocycles. The van der Waals surface area contributed by atoms with Crippen molar-refractivity contribution in [3.63, 3.8) is 0 Å². The second kappa shape index (κ2) is 10.5. The van der Waals surface area contributed by atoms with Gasteiger partial charge in [0.25, 0.3) is 0 Å². The van der Waals surface area contributed by atoms with Gasteiger partial charge in [-0.1, -0.05) is 103 Å². The summed E-state index contributed by atoms with van der Waals surface area (Å²) in [6.45, 7) is 0. The first-order chi connectivity index (χ1) is 21.8. The molecular weight excluding hydrogens is 536 g/mol. The van der Waals surface area contributed by atoms with E-state index in [0.29, 0.717) is 0 Å². The van der Waals surface area contributed by atoms with Crippen LogP contribution in [0.5, 0.6) is 0 Å². The van der Waals surface area contributed by atoms with Gasteiger partial charge in [-0.25, -0.2) is 0 Å². The Labute approximate surface area is 256 Å². The number of para-hydroxylation sites is 1. The lowest BCUT2D eigenvalue weighted by Crippen LogP contribution is -2.31. The number of hydrogen-bond acceptors (Lipinski definition) is 3. The zero-order chi connectivity index (χ0) is 29.6. The van der Waals surface area contributed by atoms with Crippen LogP contribution < -0.4 is 4.90 Å². The van der Waals surface area contributed by atoms with E-state index >= 15 is 0 Å². The van der Waals surface area contributed by atoms with Crippen LogP contribution in [0.15, 0.2) is 145 Å². The van der Waals surface area contributed by atoms with Gasteiger partial charge in [0.1, 0.15) is 5.92 Å². The van der Waals surface area contributed by atoms with Crippen molar-refractivity contribution < 1.29 is 0 Å². The van der Waals surface area contributed by atoms with Crippen molar-refractivity contribution in [2.75, 3.05) is 4.90 Å². The summed E-state index contributed by atoms with van der Waals surface area (Å²) in [7, 11) is 0. The van der Waals surface area contributed by atoms with E-state index in [1.807, 2.05) is 12.1 Å². The fraction of sp³-hybridized carbons (Fsp3) is 0.100. The quantitative estimate of drug-likeness (QED) is 0.214. The number of rotatable bonds is 4. The maximum Gasteiger partial charge on any atom is 0.106 e. The van der Waals surface area contributed by atoms with Gasteiger partial charge in [0.15, 0.2) is 0 Å². The lowest BCUT2D eigenvalue weighted by molar-refractivity contribution is 0.637. The topological polar surface area (TPSA) is 55.8 Å². The molecule has 0 aliphatic heterocycles.